The maximum Gasteiger partial charge on any atom is 0.407 e. The smallest absolute Gasteiger partial charge is 0.407 e. The van der Waals surface area contributed by atoms with E-state index < -0.39 is 53.3 Å². The van der Waals surface area contributed by atoms with E-state index in [-0.39, 0.29) is 87.1 Å². The largest absolute Gasteiger partial charge is 0.462 e. The Bertz CT molecular complexity index is 2250. The molecule has 1 aliphatic rings. The third-order valence-corrected chi connectivity index (χ3v) is 16.9. The highest BCUT2D eigenvalue weighted by Crippen LogP contribution is 2.44. The van der Waals surface area contributed by atoms with Gasteiger partial charge in [-0.3, -0.25) is 24.0 Å². The summed E-state index contributed by atoms with van der Waals surface area (Å²) >= 11 is 1.31. The molecular weight excluding hydrogens is 1130 g/mol. The van der Waals surface area contributed by atoms with Gasteiger partial charge in [-0.15, -0.1) is 0 Å². The minimum absolute atomic E-state index is 0.0173. The summed E-state index contributed by atoms with van der Waals surface area (Å²) in [5.41, 5.74) is 2.79. The number of alkyl carbamates (subject to hydrolysis) is 1. The van der Waals surface area contributed by atoms with Gasteiger partial charge in [-0.25, -0.2) is 9.59 Å². The molecular formula is C72H117N3O12S. The summed E-state index contributed by atoms with van der Waals surface area (Å²) in [6.07, 6.45) is 31.7. The van der Waals surface area contributed by atoms with Crippen LogP contribution in [-0.4, -0.2) is 102 Å². The average Bonchev–Trinajstić information content (AvgIpc) is 3.36. The van der Waals surface area contributed by atoms with Crippen LogP contribution in [0.1, 0.15) is 291 Å². The van der Waals surface area contributed by atoms with Gasteiger partial charge < -0.3 is 39.6 Å². The molecule has 498 valence electrons. The van der Waals surface area contributed by atoms with E-state index in [1.807, 2.05) is 36.4 Å². The third-order valence-electron chi connectivity index (χ3n) is 15.7. The van der Waals surface area contributed by atoms with Gasteiger partial charge in [0, 0.05) is 49.7 Å². The monoisotopic (exact) mass is 1250 g/mol. The normalized spacial score (nSPS) is 13.1. The molecule has 3 amide bonds. The summed E-state index contributed by atoms with van der Waals surface area (Å²) in [7, 11) is 0. The number of rotatable bonds is 50. The van der Waals surface area contributed by atoms with Crippen molar-refractivity contribution in [3.8, 4) is 11.1 Å². The summed E-state index contributed by atoms with van der Waals surface area (Å²) < 4.78 is 28.6. The Labute approximate surface area is 535 Å². The Hall–Kier alpha value is -5.12. The van der Waals surface area contributed by atoms with Crippen molar-refractivity contribution in [2.24, 2.45) is 0 Å². The molecule has 2 aromatic rings. The van der Waals surface area contributed by atoms with Gasteiger partial charge in [0.25, 0.3) is 0 Å². The molecule has 15 nitrogen and oxygen atoms in total. The Morgan fingerprint density at radius 2 is 0.932 bits per heavy atom. The number of carbonyl (C=O) groups is 7. The molecule has 0 heterocycles. The van der Waals surface area contributed by atoms with Crippen molar-refractivity contribution in [3.05, 3.63) is 59.7 Å². The van der Waals surface area contributed by atoms with Crippen LogP contribution in [0.5, 0.6) is 0 Å². The van der Waals surface area contributed by atoms with E-state index in [4.69, 9.17) is 23.7 Å². The van der Waals surface area contributed by atoms with Crippen LogP contribution >= 0.6 is 11.8 Å². The van der Waals surface area contributed by atoms with E-state index in [1.54, 1.807) is 41.5 Å². The SMILES string of the molecule is CCCCCCCCCCCCCCCC(=O)OC[C@H](CSC[C@H](NC(=O)OCC1c2ccccc2-c2ccccc21)C(=O)NCCCCCC(=O)N[C@@H](CCC(=O)OC(C)(C)C)C(=O)OC(C)(C)C)OC(=O)CCCCCCCCCCCCCCC. The van der Waals surface area contributed by atoms with Crippen molar-refractivity contribution in [2.75, 3.05) is 31.3 Å². The van der Waals surface area contributed by atoms with E-state index in [0.717, 1.165) is 67.2 Å². The second-order valence-corrected chi connectivity index (χ2v) is 27.3. The molecule has 3 N–H and O–H groups in total. The summed E-state index contributed by atoms with van der Waals surface area (Å²) in [5, 5.41) is 8.50. The lowest BCUT2D eigenvalue weighted by atomic mass is 9.98. The molecule has 0 unspecified atom stereocenters. The number of hydrogen-bond donors (Lipinski definition) is 3. The molecule has 88 heavy (non-hydrogen) atoms. The molecule has 0 aromatic heterocycles. The Morgan fingerprint density at radius 3 is 1.43 bits per heavy atom. The van der Waals surface area contributed by atoms with Crippen molar-refractivity contribution >= 4 is 53.5 Å². The molecule has 0 spiro atoms. The number of fused-ring (bicyclic) bond motifs is 3. The van der Waals surface area contributed by atoms with Gasteiger partial charge in [0.2, 0.25) is 11.8 Å². The molecule has 1 aliphatic carbocycles. The van der Waals surface area contributed by atoms with Gasteiger partial charge in [-0.1, -0.05) is 223 Å². The summed E-state index contributed by atoms with van der Waals surface area (Å²) in [6, 6.07) is 14.0. The van der Waals surface area contributed by atoms with Gasteiger partial charge in [0.05, 0.1) is 0 Å². The van der Waals surface area contributed by atoms with E-state index in [9.17, 15) is 33.6 Å². The molecule has 0 saturated heterocycles. The van der Waals surface area contributed by atoms with Crippen molar-refractivity contribution in [2.45, 2.75) is 309 Å². The van der Waals surface area contributed by atoms with Crippen LogP contribution in [0.25, 0.3) is 11.1 Å². The molecule has 16 heteroatoms. The third kappa shape index (κ3) is 36.5. The fraction of sp³-hybridized carbons (Fsp3) is 0.736. The van der Waals surface area contributed by atoms with E-state index in [0.29, 0.717) is 25.7 Å². The Balaban J connectivity index is 1.61. The van der Waals surface area contributed by atoms with Crippen molar-refractivity contribution in [3.63, 3.8) is 0 Å². The predicted molar refractivity (Wildman–Crippen MR) is 355 cm³/mol. The zero-order valence-electron chi connectivity index (χ0n) is 55.8. The number of amides is 3. The van der Waals surface area contributed by atoms with Crippen LogP contribution in [0, 0.1) is 0 Å². The number of nitrogens with one attached hydrogen (secondary N) is 3. The first kappa shape index (κ1) is 77.1. The fourth-order valence-electron chi connectivity index (χ4n) is 10.9. The van der Waals surface area contributed by atoms with Crippen LogP contribution in [0.3, 0.4) is 0 Å². The number of benzene rings is 2. The lowest BCUT2D eigenvalue weighted by molar-refractivity contribution is -0.160. The molecule has 2 aromatic carbocycles. The highest BCUT2D eigenvalue weighted by molar-refractivity contribution is 7.99. The highest BCUT2D eigenvalue weighted by Gasteiger charge is 2.31. The van der Waals surface area contributed by atoms with Crippen LogP contribution < -0.4 is 16.0 Å². The van der Waals surface area contributed by atoms with Crippen LogP contribution in [-0.2, 0) is 52.5 Å². The fourth-order valence-corrected chi connectivity index (χ4v) is 12.0. The maximum atomic E-state index is 14.0. The zero-order chi connectivity index (χ0) is 64.3. The zero-order valence-corrected chi connectivity index (χ0v) is 56.6. The highest BCUT2D eigenvalue weighted by atomic mass is 32.2. The van der Waals surface area contributed by atoms with Gasteiger partial charge in [-0.05, 0) is 95.9 Å². The number of esters is 4. The predicted octanol–water partition coefficient (Wildman–Crippen LogP) is 16.7. The second-order valence-electron chi connectivity index (χ2n) is 26.2. The van der Waals surface area contributed by atoms with E-state index >= 15 is 0 Å². The minimum Gasteiger partial charge on any atom is -0.462 e. The first-order valence-electron chi connectivity index (χ1n) is 34.4. The lowest BCUT2D eigenvalue weighted by Gasteiger charge is -2.25. The van der Waals surface area contributed by atoms with Crippen LogP contribution in [0.2, 0.25) is 0 Å². The lowest BCUT2D eigenvalue weighted by Crippen LogP contribution is -2.49. The van der Waals surface area contributed by atoms with Crippen molar-refractivity contribution in [1.82, 2.24) is 16.0 Å². The quantitative estimate of drug-likeness (QED) is 0.0321. The van der Waals surface area contributed by atoms with Crippen LogP contribution in [0.15, 0.2) is 48.5 Å². The van der Waals surface area contributed by atoms with Gasteiger partial charge >= 0.3 is 30.0 Å². The van der Waals surface area contributed by atoms with Gasteiger partial charge in [0.1, 0.15) is 42.6 Å². The molecule has 3 atom stereocenters. The van der Waals surface area contributed by atoms with Gasteiger partial charge in [0.15, 0.2) is 0 Å². The standard InChI is InChI=1S/C72H117N3O12S/c1-9-11-13-15-17-19-21-23-25-27-29-31-35-47-65(77)83-52-56(85-66(78)48-36-32-30-28-26-24-22-20-18-16-14-12-10-2)54-88-55-63(75-70(82)84-53-61-59-44-39-37-42-57(59)58-43-38-40-45-60(58)61)68(80)73-51-41-33-34-46-64(76)74-62(69(81)87-72(6,7)8)49-50-67(79)86-71(3,4)5/h37-40,42-45,56,61-63H,9-36,41,46-55H2,1-8H3,(H,73,80)(H,74,76)(H,75,82)/t56-,62+,63+/m1/s1. The van der Waals surface area contributed by atoms with Crippen molar-refractivity contribution < 1.29 is 57.2 Å². The number of unbranched alkanes of at least 4 members (excludes halogenated alkanes) is 26. The molecule has 0 fully saturated rings. The average molecular weight is 1250 g/mol. The molecule has 0 aliphatic heterocycles. The van der Waals surface area contributed by atoms with E-state index in [2.05, 4.69) is 41.9 Å². The minimum atomic E-state index is -1.04. The molecule has 0 bridgehead atoms. The second kappa shape index (κ2) is 46.0. The number of hydrogen-bond acceptors (Lipinski definition) is 13. The molecule has 0 saturated carbocycles. The number of carbonyl (C=O) groups excluding carboxylic acids is 7. The van der Waals surface area contributed by atoms with Crippen LogP contribution in [0.4, 0.5) is 4.79 Å². The topological polar surface area (TPSA) is 202 Å². The molecule has 3 rings (SSSR count). The maximum absolute atomic E-state index is 14.0. The first-order chi connectivity index (χ1) is 42.3. The Morgan fingerprint density at radius 1 is 0.477 bits per heavy atom. The molecule has 0 radical (unpaired) electrons. The summed E-state index contributed by atoms with van der Waals surface area (Å²) in [4.78, 5) is 92.9. The van der Waals surface area contributed by atoms with Gasteiger partial charge in [-0.2, -0.15) is 11.8 Å². The first-order valence-corrected chi connectivity index (χ1v) is 35.5. The Kier molecular flexibility index (Phi) is 40.3. The van der Waals surface area contributed by atoms with Crippen molar-refractivity contribution in [1.29, 1.82) is 0 Å². The number of ether oxygens (including phenoxy) is 5. The van der Waals surface area contributed by atoms with E-state index in [1.165, 1.54) is 127 Å². The number of thioether (sulfide) groups is 1. The summed E-state index contributed by atoms with van der Waals surface area (Å²) in [5.74, 6) is -2.50. The summed E-state index contributed by atoms with van der Waals surface area (Å²) in [6.45, 7) is 15.1.